The molecule has 4 nitrogen and oxygen atoms in total. The molecule has 0 heterocycles. The molecule has 2 unspecified atom stereocenters. The Morgan fingerprint density at radius 2 is 0.808 bits per heavy atom. The Bertz CT molecular complexity index is 696. The molecular weight excluding hydrogens is 406 g/mol. The van der Waals surface area contributed by atoms with E-state index in [4.69, 9.17) is 0 Å². The summed E-state index contributed by atoms with van der Waals surface area (Å²) in [5.74, 6) is 0. The van der Waals surface area contributed by atoms with Gasteiger partial charge in [0.15, 0.2) is 0 Å². The van der Waals surface area contributed by atoms with Crippen molar-refractivity contribution in [3.8, 4) is 0 Å². The minimum atomic E-state index is -2.11. The molecule has 0 aromatic heterocycles. The molecule has 2 atom stereocenters. The van der Waals surface area contributed by atoms with Gasteiger partial charge in [0.1, 0.15) is 0 Å². The fourth-order valence-electron chi connectivity index (χ4n) is 2.86. The molecule has 0 spiro atoms. The number of hydrogen-bond donors (Lipinski definition) is 0. The summed E-state index contributed by atoms with van der Waals surface area (Å²) in [6.07, 6.45) is 0. The van der Waals surface area contributed by atoms with Crippen LogP contribution in [0.1, 0.15) is 33.4 Å². The minimum absolute atomic E-state index is 0. The standard InChI is InChI=1S/2C9H12O2S.K.Na/c2*1-6-4-7(2)9(12(10)11)8(3)5-6;;/h2*4-5H,1-3H3,(H,10,11);;/q;;2*+1/p-2. The van der Waals surface area contributed by atoms with E-state index in [9.17, 15) is 17.5 Å². The maximum atomic E-state index is 10.8. The van der Waals surface area contributed by atoms with Gasteiger partial charge in [-0.25, -0.2) is 0 Å². The second-order valence-corrected chi connectivity index (χ2v) is 7.68. The average Bonchev–Trinajstić information content (AvgIpc) is 2.35. The van der Waals surface area contributed by atoms with Crippen LogP contribution in [0.25, 0.3) is 0 Å². The van der Waals surface area contributed by atoms with Crippen molar-refractivity contribution in [2.45, 2.75) is 51.3 Å². The summed E-state index contributed by atoms with van der Waals surface area (Å²) in [6, 6.07) is 7.49. The van der Waals surface area contributed by atoms with Crippen molar-refractivity contribution in [3.05, 3.63) is 57.6 Å². The molecule has 0 radical (unpaired) electrons. The van der Waals surface area contributed by atoms with Crippen LogP contribution >= 0.6 is 0 Å². The van der Waals surface area contributed by atoms with Gasteiger partial charge in [0.2, 0.25) is 0 Å². The minimum Gasteiger partial charge on any atom is -0.768 e. The van der Waals surface area contributed by atoms with Gasteiger partial charge in [-0.1, -0.05) is 35.4 Å². The third kappa shape index (κ3) is 8.76. The van der Waals surface area contributed by atoms with E-state index in [1.54, 1.807) is 0 Å². The zero-order chi connectivity index (χ0) is 18.6. The smallest absolute Gasteiger partial charge is 0.768 e. The van der Waals surface area contributed by atoms with Gasteiger partial charge >= 0.3 is 80.9 Å². The van der Waals surface area contributed by atoms with Crippen molar-refractivity contribution < 1.29 is 98.5 Å². The van der Waals surface area contributed by atoms with Gasteiger partial charge < -0.3 is 9.11 Å². The van der Waals surface area contributed by atoms with Crippen LogP contribution in [0.4, 0.5) is 0 Å². The first-order valence-electron chi connectivity index (χ1n) is 7.38. The fraction of sp³-hybridized carbons (Fsp3) is 0.333. The molecule has 0 aliphatic carbocycles. The zero-order valence-corrected chi connectivity index (χ0v) is 23.5. The zero-order valence-electron chi connectivity index (χ0n) is 16.8. The van der Waals surface area contributed by atoms with Crippen molar-refractivity contribution in [1.29, 1.82) is 0 Å². The molecular formula is C18H22KNaO4S2. The monoisotopic (exact) mass is 428 g/mol. The van der Waals surface area contributed by atoms with Gasteiger partial charge in [0.25, 0.3) is 0 Å². The fourth-order valence-corrected chi connectivity index (χ4v) is 4.15. The summed E-state index contributed by atoms with van der Waals surface area (Å²) in [7, 11) is 0. The molecule has 2 aromatic carbocycles. The van der Waals surface area contributed by atoms with E-state index in [2.05, 4.69) is 0 Å². The SMILES string of the molecule is Cc1cc(C)c(S(=O)[O-])c(C)c1.Cc1cc(C)c(S(=O)[O-])c(C)c1.[K+].[Na+]. The molecule has 0 amide bonds. The summed E-state index contributed by atoms with van der Waals surface area (Å²) in [5.41, 5.74) is 5.47. The first-order chi connectivity index (χ1) is 11.0. The van der Waals surface area contributed by atoms with Gasteiger partial charge in [-0.3, -0.25) is 8.42 Å². The summed E-state index contributed by atoms with van der Waals surface area (Å²) >= 11 is -4.22. The van der Waals surface area contributed by atoms with Crippen LogP contribution in [-0.2, 0) is 22.2 Å². The number of aryl methyl sites for hydroxylation is 6. The maximum Gasteiger partial charge on any atom is 1.00 e. The Labute approximate surface area is 226 Å². The van der Waals surface area contributed by atoms with E-state index in [0.717, 1.165) is 33.4 Å². The second-order valence-electron chi connectivity index (χ2n) is 5.93. The third-order valence-electron chi connectivity index (χ3n) is 3.54. The molecule has 2 aromatic rings. The molecule has 0 fully saturated rings. The molecule has 0 saturated carbocycles. The molecule has 0 saturated heterocycles. The van der Waals surface area contributed by atoms with Gasteiger partial charge in [-0.2, -0.15) is 0 Å². The van der Waals surface area contributed by atoms with Gasteiger partial charge in [0, 0.05) is 9.79 Å². The number of rotatable bonds is 2. The van der Waals surface area contributed by atoms with Gasteiger partial charge in [-0.15, -0.1) is 0 Å². The molecule has 132 valence electrons. The summed E-state index contributed by atoms with van der Waals surface area (Å²) < 4.78 is 43.0. The topological polar surface area (TPSA) is 80.3 Å². The van der Waals surface area contributed by atoms with Crippen LogP contribution < -0.4 is 80.9 Å². The third-order valence-corrected chi connectivity index (χ3v) is 5.50. The predicted octanol–water partition coefficient (Wildman–Crippen LogP) is -2.29. The van der Waals surface area contributed by atoms with E-state index in [1.807, 2.05) is 65.8 Å². The molecule has 0 N–H and O–H groups in total. The van der Waals surface area contributed by atoms with Crippen molar-refractivity contribution in [2.75, 3.05) is 0 Å². The Morgan fingerprint density at radius 1 is 0.615 bits per heavy atom. The quantitative estimate of drug-likeness (QED) is 0.398. The predicted molar refractivity (Wildman–Crippen MR) is 95.7 cm³/mol. The van der Waals surface area contributed by atoms with E-state index in [-0.39, 0.29) is 80.9 Å². The molecule has 2 rings (SSSR count). The first kappa shape index (κ1) is 29.5. The van der Waals surface area contributed by atoms with Crippen molar-refractivity contribution in [3.63, 3.8) is 0 Å². The average molecular weight is 429 g/mol. The second kappa shape index (κ2) is 13.5. The molecule has 0 aliphatic rings. The Hall–Kier alpha value is 1.30. The summed E-state index contributed by atoms with van der Waals surface area (Å²) in [6.45, 7) is 11.2. The first-order valence-corrected chi connectivity index (χ1v) is 9.53. The molecule has 0 aliphatic heterocycles. The number of benzene rings is 2. The summed E-state index contributed by atoms with van der Waals surface area (Å²) in [4.78, 5) is 0.862. The maximum absolute atomic E-state index is 10.8. The van der Waals surface area contributed by atoms with Gasteiger partial charge in [-0.05, 0) is 86.0 Å². The van der Waals surface area contributed by atoms with Crippen molar-refractivity contribution >= 4 is 22.2 Å². The Balaban J connectivity index is 0. The Kier molecular flexibility index (Phi) is 15.3. The normalized spacial score (nSPS) is 12.0. The van der Waals surface area contributed by atoms with Crippen LogP contribution in [0.15, 0.2) is 34.1 Å². The largest absolute Gasteiger partial charge is 1.00 e. The van der Waals surface area contributed by atoms with Crippen LogP contribution in [-0.4, -0.2) is 17.5 Å². The molecule has 26 heavy (non-hydrogen) atoms. The van der Waals surface area contributed by atoms with E-state index < -0.39 is 22.2 Å². The van der Waals surface area contributed by atoms with Gasteiger partial charge in [0.05, 0.1) is 0 Å². The number of hydrogen-bond acceptors (Lipinski definition) is 4. The van der Waals surface area contributed by atoms with E-state index in [0.29, 0.717) is 9.79 Å². The van der Waals surface area contributed by atoms with Crippen molar-refractivity contribution in [1.82, 2.24) is 0 Å². The van der Waals surface area contributed by atoms with Crippen LogP contribution in [0, 0.1) is 41.5 Å². The summed E-state index contributed by atoms with van der Waals surface area (Å²) in [5, 5.41) is 0. The Morgan fingerprint density at radius 3 is 0.962 bits per heavy atom. The molecule has 8 heteroatoms. The van der Waals surface area contributed by atoms with E-state index >= 15 is 0 Å². The van der Waals surface area contributed by atoms with Crippen LogP contribution in [0.3, 0.4) is 0 Å². The molecule has 0 bridgehead atoms. The van der Waals surface area contributed by atoms with Crippen LogP contribution in [0.2, 0.25) is 0 Å². The van der Waals surface area contributed by atoms with Crippen LogP contribution in [0.5, 0.6) is 0 Å². The van der Waals surface area contributed by atoms with E-state index in [1.165, 1.54) is 0 Å². The van der Waals surface area contributed by atoms with Crippen molar-refractivity contribution in [2.24, 2.45) is 0 Å².